The van der Waals surface area contributed by atoms with Gasteiger partial charge >= 0.3 is 5.97 Å². The highest BCUT2D eigenvalue weighted by Gasteiger charge is 2.48. The summed E-state index contributed by atoms with van der Waals surface area (Å²) in [5.74, 6) is 0.502. The number of halogens is 2. The van der Waals surface area contributed by atoms with Crippen LogP contribution in [0.3, 0.4) is 0 Å². The summed E-state index contributed by atoms with van der Waals surface area (Å²) in [5.41, 5.74) is 2.36. The SMILES string of the molecule is O=C1OC2(CCC(c3nc4cnc(-c5ccc(Cl)cc5F)nc4[nH]3)CC2)c2cnccc21. The number of fused-ring (bicyclic) bond motifs is 3. The van der Waals surface area contributed by atoms with Gasteiger partial charge in [0.1, 0.15) is 22.8 Å². The Balaban J connectivity index is 1.26. The average molecular weight is 450 g/mol. The highest BCUT2D eigenvalue weighted by molar-refractivity contribution is 6.30. The molecule has 0 bridgehead atoms. The Bertz CT molecular complexity index is 1380. The van der Waals surface area contributed by atoms with E-state index >= 15 is 0 Å². The predicted molar refractivity (Wildman–Crippen MR) is 115 cm³/mol. The molecule has 0 radical (unpaired) electrons. The molecule has 4 heterocycles. The molecular weight excluding hydrogens is 433 g/mol. The zero-order valence-corrected chi connectivity index (χ0v) is 17.6. The van der Waals surface area contributed by atoms with E-state index in [1.807, 2.05) is 0 Å². The number of nitrogens with zero attached hydrogens (tertiary/aromatic N) is 4. The summed E-state index contributed by atoms with van der Waals surface area (Å²) in [4.78, 5) is 33.2. The van der Waals surface area contributed by atoms with E-state index in [1.54, 1.807) is 36.8 Å². The molecule has 4 aromatic rings. The molecule has 1 aliphatic carbocycles. The van der Waals surface area contributed by atoms with Gasteiger partial charge in [-0.25, -0.2) is 24.1 Å². The number of rotatable bonds is 2. The van der Waals surface area contributed by atoms with E-state index in [-0.39, 0.29) is 23.3 Å². The van der Waals surface area contributed by atoms with Crippen molar-refractivity contribution in [1.29, 1.82) is 0 Å². The van der Waals surface area contributed by atoms with Gasteiger partial charge in [-0.3, -0.25) is 4.98 Å². The first-order chi connectivity index (χ1) is 15.5. The van der Waals surface area contributed by atoms with Crippen molar-refractivity contribution in [3.63, 3.8) is 0 Å². The zero-order valence-electron chi connectivity index (χ0n) is 16.8. The summed E-state index contributed by atoms with van der Waals surface area (Å²) in [5, 5.41) is 0.317. The first-order valence-corrected chi connectivity index (χ1v) is 10.8. The first kappa shape index (κ1) is 19.3. The second-order valence-electron chi connectivity index (χ2n) is 8.25. The summed E-state index contributed by atoms with van der Waals surface area (Å²) >= 11 is 5.84. The van der Waals surface area contributed by atoms with Gasteiger partial charge in [0.25, 0.3) is 0 Å². The van der Waals surface area contributed by atoms with Gasteiger partial charge in [0.2, 0.25) is 0 Å². The molecule has 160 valence electrons. The van der Waals surface area contributed by atoms with Crippen molar-refractivity contribution in [3.8, 4) is 11.4 Å². The maximum Gasteiger partial charge on any atom is 0.339 e. The van der Waals surface area contributed by atoms with Crippen LogP contribution in [0.2, 0.25) is 5.02 Å². The number of pyridine rings is 1. The lowest BCUT2D eigenvalue weighted by atomic mass is 9.75. The number of carbonyl (C=O) groups excluding carboxylic acids is 1. The highest BCUT2D eigenvalue weighted by atomic mass is 35.5. The molecule has 1 aliphatic heterocycles. The van der Waals surface area contributed by atoms with Gasteiger partial charge in [0.05, 0.1) is 17.3 Å². The molecule has 9 heteroatoms. The van der Waals surface area contributed by atoms with E-state index < -0.39 is 11.4 Å². The Morgan fingerprint density at radius 3 is 2.78 bits per heavy atom. The molecule has 0 amide bonds. The van der Waals surface area contributed by atoms with E-state index in [9.17, 15) is 9.18 Å². The number of imidazole rings is 1. The Labute approximate surface area is 187 Å². The van der Waals surface area contributed by atoms with Gasteiger partial charge in [-0.2, -0.15) is 0 Å². The summed E-state index contributed by atoms with van der Waals surface area (Å²) in [6.07, 6.45) is 7.95. The summed E-state index contributed by atoms with van der Waals surface area (Å²) in [6.45, 7) is 0. The molecule has 1 fully saturated rings. The molecule has 32 heavy (non-hydrogen) atoms. The third-order valence-electron chi connectivity index (χ3n) is 6.43. The van der Waals surface area contributed by atoms with Gasteiger partial charge in [-0.05, 0) is 49.9 Å². The maximum absolute atomic E-state index is 14.3. The van der Waals surface area contributed by atoms with Gasteiger partial charge in [0, 0.05) is 28.9 Å². The summed E-state index contributed by atoms with van der Waals surface area (Å²) < 4.78 is 20.1. The Morgan fingerprint density at radius 1 is 1.12 bits per heavy atom. The molecule has 1 saturated carbocycles. The van der Waals surface area contributed by atoms with Crippen LogP contribution in [-0.4, -0.2) is 30.9 Å². The van der Waals surface area contributed by atoms with Crippen LogP contribution in [0.4, 0.5) is 4.39 Å². The fourth-order valence-electron chi connectivity index (χ4n) is 4.77. The number of esters is 1. The van der Waals surface area contributed by atoms with Gasteiger partial charge in [-0.1, -0.05) is 11.6 Å². The van der Waals surface area contributed by atoms with Gasteiger partial charge < -0.3 is 9.72 Å². The lowest BCUT2D eigenvalue weighted by Crippen LogP contribution is -2.31. The third kappa shape index (κ3) is 2.97. The molecule has 6 rings (SSSR count). The van der Waals surface area contributed by atoms with Crippen molar-refractivity contribution in [2.75, 3.05) is 0 Å². The second-order valence-corrected chi connectivity index (χ2v) is 8.69. The van der Waals surface area contributed by atoms with E-state index in [0.29, 0.717) is 34.6 Å². The first-order valence-electron chi connectivity index (χ1n) is 10.4. The minimum atomic E-state index is -0.595. The second kappa shape index (κ2) is 7.06. The predicted octanol–water partition coefficient (Wildman–Crippen LogP) is 4.93. The monoisotopic (exact) mass is 449 g/mol. The zero-order chi connectivity index (χ0) is 21.9. The maximum atomic E-state index is 14.3. The number of hydrogen-bond donors (Lipinski definition) is 1. The Hall–Kier alpha value is -3.39. The van der Waals surface area contributed by atoms with Crippen LogP contribution in [0.5, 0.6) is 0 Å². The number of benzene rings is 1. The van der Waals surface area contributed by atoms with E-state index in [0.717, 1.165) is 24.2 Å². The third-order valence-corrected chi connectivity index (χ3v) is 6.66. The summed E-state index contributed by atoms with van der Waals surface area (Å²) in [7, 11) is 0. The molecule has 1 N–H and O–H groups in total. The molecule has 1 aromatic carbocycles. The van der Waals surface area contributed by atoms with Crippen molar-refractivity contribution < 1.29 is 13.9 Å². The molecule has 0 saturated heterocycles. The number of hydrogen-bond acceptors (Lipinski definition) is 6. The van der Waals surface area contributed by atoms with E-state index in [4.69, 9.17) is 16.3 Å². The number of nitrogens with one attached hydrogen (secondary N) is 1. The van der Waals surface area contributed by atoms with Crippen LogP contribution in [0.25, 0.3) is 22.6 Å². The topological polar surface area (TPSA) is 93.6 Å². The highest BCUT2D eigenvalue weighted by Crippen LogP contribution is 2.49. The lowest BCUT2D eigenvalue weighted by molar-refractivity contribution is -0.0313. The van der Waals surface area contributed by atoms with E-state index in [1.165, 1.54) is 6.07 Å². The van der Waals surface area contributed by atoms with Crippen LogP contribution < -0.4 is 0 Å². The fraction of sp³-hybridized carbons (Fsp3) is 0.261. The van der Waals surface area contributed by atoms with Crippen molar-refractivity contribution in [2.24, 2.45) is 0 Å². The normalized spacial score (nSPS) is 22.3. The lowest BCUT2D eigenvalue weighted by Gasteiger charge is -2.35. The van der Waals surface area contributed by atoms with Crippen LogP contribution in [0.1, 0.15) is 53.3 Å². The van der Waals surface area contributed by atoms with Crippen LogP contribution >= 0.6 is 11.6 Å². The number of H-pyrrole nitrogens is 1. The quantitative estimate of drug-likeness (QED) is 0.436. The largest absolute Gasteiger partial charge is 0.450 e. The molecule has 3 aromatic heterocycles. The molecular formula is C23H17ClFN5O2. The van der Waals surface area contributed by atoms with Crippen LogP contribution in [-0.2, 0) is 10.3 Å². The van der Waals surface area contributed by atoms with Crippen molar-refractivity contribution in [1.82, 2.24) is 24.9 Å². The van der Waals surface area contributed by atoms with Crippen molar-refractivity contribution >= 4 is 28.7 Å². The van der Waals surface area contributed by atoms with Crippen LogP contribution in [0.15, 0.2) is 42.9 Å². The molecule has 1 spiro atoms. The standard InChI is InChI=1S/C23H17ClFN5O2/c24-13-1-2-15(17(25)9-13)20-27-11-18-21(30-20)29-19(28-18)12-3-6-23(7-4-12)16-10-26-8-5-14(16)22(31)32-23/h1-2,5,8-12H,3-4,6-7H2,(H,27,28,29,30). The molecule has 0 atom stereocenters. The van der Waals surface area contributed by atoms with Crippen LogP contribution in [0, 0.1) is 5.82 Å². The Kier molecular flexibility index (Phi) is 4.26. The fourth-order valence-corrected chi connectivity index (χ4v) is 4.93. The van der Waals surface area contributed by atoms with Crippen molar-refractivity contribution in [2.45, 2.75) is 37.2 Å². The minimum Gasteiger partial charge on any atom is -0.450 e. The molecule has 0 unspecified atom stereocenters. The molecule has 2 aliphatic rings. The summed E-state index contributed by atoms with van der Waals surface area (Å²) in [6, 6.07) is 6.13. The number of aromatic nitrogens is 5. The molecule has 7 nitrogen and oxygen atoms in total. The Morgan fingerprint density at radius 2 is 1.97 bits per heavy atom. The average Bonchev–Trinajstić information content (AvgIpc) is 3.33. The van der Waals surface area contributed by atoms with Crippen molar-refractivity contribution in [3.05, 3.63) is 70.6 Å². The minimum absolute atomic E-state index is 0.171. The number of ether oxygens (including phenoxy) is 1. The van der Waals surface area contributed by atoms with E-state index in [2.05, 4.69) is 24.9 Å². The number of carbonyl (C=O) groups is 1. The smallest absolute Gasteiger partial charge is 0.339 e. The number of aromatic amines is 1. The van der Waals surface area contributed by atoms with Gasteiger partial charge in [-0.15, -0.1) is 0 Å². The van der Waals surface area contributed by atoms with Gasteiger partial charge in [0.15, 0.2) is 11.5 Å².